The third-order valence-corrected chi connectivity index (χ3v) is 7.01. The molecule has 0 spiro atoms. The van der Waals surface area contributed by atoms with Crippen molar-refractivity contribution in [1.82, 2.24) is 4.90 Å². The van der Waals surface area contributed by atoms with E-state index < -0.39 is 36.4 Å². The molecule has 1 aliphatic heterocycles. The minimum atomic E-state index is -3.44. The van der Waals surface area contributed by atoms with E-state index in [4.69, 9.17) is 5.11 Å². The Balaban J connectivity index is 1.52. The highest BCUT2D eigenvalue weighted by Gasteiger charge is 2.52. The van der Waals surface area contributed by atoms with E-state index in [0.29, 0.717) is 24.8 Å². The number of rotatable bonds is 12. The third kappa shape index (κ3) is 6.84. The minimum Gasteiger partial charge on any atom is -0.477 e. The number of thiophene rings is 1. The Kier molecular flexibility index (Phi) is 8.74. The predicted molar refractivity (Wildman–Crippen MR) is 128 cm³/mol. The van der Waals surface area contributed by atoms with Crippen LogP contribution in [0.3, 0.4) is 0 Å². The van der Waals surface area contributed by atoms with Crippen molar-refractivity contribution in [2.24, 2.45) is 0 Å². The Morgan fingerprint density at radius 2 is 1.94 bits per heavy atom. The maximum Gasteiger partial charge on any atom is 0.345 e. The van der Waals surface area contributed by atoms with Gasteiger partial charge in [0.05, 0.1) is 12.1 Å². The zero-order valence-corrected chi connectivity index (χ0v) is 19.6. The lowest BCUT2D eigenvalue weighted by Gasteiger charge is -2.22. The van der Waals surface area contributed by atoms with Gasteiger partial charge in [-0.05, 0) is 55.4 Å². The summed E-state index contributed by atoms with van der Waals surface area (Å²) in [7, 11) is 0. The van der Waals surface area contributed by atoms with E-state index in [1.54, 1.807) is 6.07 Å². The van der Waals surface area contributed by atoms with Crippen LogP contribution in [0.15, 0.2) is 66.8 Å². The molecule has 2 aromatic rings. The standard InChI is InChI=1S/C26H29F2NO4S/c1-18(7-5-10-19-8-3-2-4-9-19)22(30)14-12-20-17-26(27,28)25(33)29(20)16-6-11-21-13-15-23(34-21)24(31)32/h2-4,8-9,12-15,20,22,30H,1,5-7,10-11,16-17H2,(H,31,32)/b14-12+/t20-,22+/m0/s1. The van der Waals surface area contributed by atoms with E-state index in [1.807, 2.05) is 30.3 Å². The van der Waals surface area contributed by atoms with E-state index in [0.717, 1.165) is 34.0 Å². The summed E-state index contributed by atoms with van der Waals surface area (Å²) in [6, 6.07) is 12.4. The van der Waals surface area contributed by atoms with Gasteiger partial charge in [-0.3, -0.25) is 4.79 Å². The average molecular weight is 490 g/mol. The van der Waals surface area contributed by atoms with Gasteiger partial charge < -0.3 is 15.1 Å². The smallest absolute Gasteiger partial charge is 0.345 e. The summed E-state index contributed by atoms with van der Waals surface area (Å²) in [5, 5.41) is 19.4. The fraction of sp³-hybridized carbons (Fsp3) is 0.385. The van der Waals surface area contributed by atoms with Gasteiger partial charge >= 0.3 is 11.9 Å². The van der Waals surface area contributed by atoms with Gasteiger partial charge in [0.25, 0.3) is 5.91 Å². The van der Waals surface area contributed by atoms with Crippen LogP contribution in [0.25, 0.3) is 0 Å². The number of nitrogens with zero attached hydrogens (tertiary/aromatic N) is 1. The molecule has 0 aliphatic carbocycles. The lowest BCUT2D eigenvalue weighted by Crippen LogP contribution is -2.36. The molecule has 1 aromatic heterocycles. The fourth-order valence-electron chi connectivity index (χ4n) is 3.99. The van der Waals surface area contributed by atoms with Gasteiger partial charge in [-0.1, -0.05) is 49.1 Å². The molecule has 1 saturated heterocycles. The number of alkyl halides is 2. The number of carbonyl (C=O) groups excluding carboxylic acids is 1. The van der Waals surface area contributed by atoms with Gasteiger partial charge in [-0.2, -0.15) is 8.78 Å². The van der Waals surface area contributed by atoms with Crippen molar-refractivity contribution in [2.45, 2.75) is 56.6 Å². The summed E-state index contributed by atoms with van der Waals surface area (Å²) in [6.45, 7) is 4.04. The largest absolute Gasteiger partial charge is 0.477 e. The number of amides is 1. The number of aromatic carboxylic acids is 1. The molecule has 34 heavy (non-hydrogen) atoms. The molecular weight excluding hydrogens is 460 g/mol. The molecule has 0 saturated carbocycles. The van der Waals surface area contributed by atoms with Crippen LogP contribution in [0.4, 0.5) is 8.78 Å². The van der Waals surface area contributed by atoms with Crippen molar-refractivity contribution in [3.8, 4) is 0 Å². The molecule has 1 amide bonds. The highest BCUT2D eigenvalue weighted by Crippen LogP contribution is 2.34. The lowest BCUT2D eigenvalue weighted by atomic mass is 10.0. The molecule has 0 unspecified atom stereocenters. The molecule has 8 heteroatoms. The number of carboxylic acid groups (broad SMARTS) is 1. The van der Waals surface area contributed by atoms with Gasteiger partial charge in [0.15, 0.2) is 0 Å². The average Bonchev–Trinajstić information content (AvgIpc) is 3.36. The first-order chi connectivity index (χ1) is 16.2. The Morgan fingerprint density at radius 3 is 2.62 bits per heavy atom. The van der Waals surface area contributed by atoms with Crippen LogP contribution in [0.5, 0.6) is 0 Å². The summed E-state index contributed by atoms with van der Waals surface area (Å²) in [6.07, 6.45) is 4.50. The van der Waals surface area contributed by atoms with Gasteiger partial charge in [0.2, 0.25) is 0 Å². The third-order valence-electron chi connectivity index (χ3n) is 5.87. The lowest BCUT2D eigenvalue weighted by molar-refractivity contribution is -0.148. The van der Waals surface area contributed by atoms with Crippen molar-refractivity contribution in [2.75, 3.05) is 6.54 Å². The van der Waals surface area contributed by atoms with E-state index >= 15 is 0 Å². The van der Waals surface area contributed by atoms with Crippen molar-refractivity contribution in [3.05, 3.63) is 82.1 Å². The van der Waals surface area contributed by atoms with Crippen LogP contribution >= 0.6 is 11.3 Å². The first-order valence-electron chi connectivity index (χ1n) is 11.3. The molecule has 2 heterocycles. The second kappa shape index (κ2) is 11.5. The Labute approximate surface area is 202 Å². The molecule has 1 aromatic carbocycles. The number of hydrogen-bond donors (Lipinski definition) is 2. The van der Waals surface area contributed by atoms with Gasteiger partial charge in [0, 0.05) is 17.8 Å². The van der Waals surface area contributed by atoms with E-state index in [9.17, 15) is 23.5 Å². The summed E-state index contributed by atoms with van der Waals surface area (Å²) in [4.78, 5) is 25.4. The molecule has 1 fully saturated rings. The normalized spacial score (nSPS) is 18.5. The topological polar surface area (TPSA) is 77.8 Å². The molecule has 182 valence electrons. The van der Waals surface area contributed by atoms with Gasteiger partial charge in [0.1, 0.15) is 4.88 Å². The van der Waals surface area contributed by atoms with Crippen LogP contribution in [-0.4, -0.2) is 51.6 Å². The molecule has 1 aliphatic rings. The van der Waals surface area contributed by atoms with Crippen LogP contribution in [0.1, 0.15) is 45.8 Å². The number of aliphatic hydroxyl groups excluding tert-OH is 1. The molecule has 0 bridgehead atoms. The van der Waals surface area contributed by atoms with Crippen LogP contribution in [0.2, 0.25) is 0 Å². The molecule has 0 radical (unpaired) electrons. The number of aliphatic hydroxyl groups is 1. The second-order valence-corrected chi connectivity index (χ2v) is 9.64. The number of aryl methyl sites for hydroxylation is 2. The molecule has 3 rings (SSSR count). The maximum atomic E-state index is 14.1. The van der Waals surface area contributed by atoms with E-state index in [1.165, 1.54) is 23.8 Å². The monoisotopic (exact) mass is 489 g/mol. The van der Waals surface area contributed by atoms with Crippen molar-refractivity contribution < 1.29 is 28.6 Å². The van der Waals surface area contributed by atoms with Crippen molar-refractivity contribution in [3.63, 3.8) is 0 Å². The SMILES string of the molecule is C=C(CCCc1ccccc1)[C@H](O)/C=C/[C@H]1CC(F)(F)C(=O)N1CCCc1ccc(C(=O)O)s1. The molecule has 2 N–H and O–H groups in total. The number of halogens is 2. The number of benzene rings is 1. The first kappa shape index (κ1) is 25.8. The second-order valence-electron chi connectivity index (χ2n) is 8.48. The molecular formula is C26H29F2NO4S. The minimum absolute atomic E-state index is 0.123. The highest BCUT2D eigenvalue weighted by atomic mass is 32.1. The number of hydrogen-bond acceptors (Lipinski definition) is 4. The van der Waals surface area contributed by atoms with Crippen LogP contribution in [-0.2, 0) is 17.6 Å². The number of carboxylic acids is 1. The maximum absolute atomic E-state index is 14.1. The van der Waals surface area contributed by atoms with Crippen molar-refractivity contribution in [1.29, 1.82) is 0 Å². The van der Waals surface area contributed by atoms with E-state index in [-0.39, 0.29) is 11.4 Å². The summed E-state index contributed by atoms with van der Waals surface area (Å²) < 4.78 is 28.2. The predicted octanol–water partition coefficient (Wildman–Crippen LogP) is 5.11. The summed E-state index contributed by atoms with van der Waals surface area (Å²) in [5.74, 6) is -5.65. The zero-order chi connectivity index (χ0) is 24.7. The summed E-state index contributed by atoms with van der Waals surface area (Å²) in [5.41, 5.74) is 1.80. The Hall–Kier alpha value is -2.84. The first-order valence-corrected chi connectivity index (χ1v) is 12.1. The van der Waals surface area contributed by atoms with Gasteiger partial charge in [-0.15, -0.1) is 11.3 Å². The quantitative estimate of drug-likeness (QED) is 0.406. The molecule has 5 nitrogen and oxygen atoms in total. The van der Waals surface area contributed by atoms with Crippen LogP contribution in [0, 0.1) is 0 Å². The van der Waals surface area contributed by atoms with Crippen LogP contribution < -0.4 is 0 Å². The Morgan fingerprint density at radius 1 is 1.21 bits per heavy atom. The zero-order valence-electron chi connectivity index (χ0n) is 18.8. The molecule has 2 atom stereocenters. The van der Waals surface area contributed by atoms with Crippen molar-refractivity contribution >= 4 is 23.2 Å². The number of likely N-dealkylation sites (tertiary alicyclic amines) is 1. The van der Waals surface area contributed by atoms with Gasteiger partial charge in [-0.25, -0.2) is 4.79 Å². The number of carbonyl (C=O) groups is 2. The fourth-order valence-corrected chi connectivity index (χ4v) is 4.88. The Bertz CT molecular complexity index is 1030. The highest BCUT2D eigenvalue weighted by molar-refractivity contribution is 7.13. The summed E-state index contributed by atoms with van der Waals surface area (Å²) >= 11 is 1.14. The van der Waals surface area contributed by atoms with E-state index in [2.05, 4.69) is 6.58 Å².